The number of primary amides is 1. The Hall–Kier alpha value is -1.69. The Bertz CT molecular complexity index is 457. The van der Waals surface area contributed by atoms with E-state index in [1.807, 2.05) is 6.92 Å². The van der Waals surface area contributed by atoms with Crippen LogP contribution in [0.25, 0.3) is 0 Å². The zero-order chi connectivity index (χ0) is 15.4. The molecule has 6 heteroatoms. The van der Waals surface area contributed by atoms with Crippen LogP contribution in [0.3, 0.4) is 0 Å². The second kappa shape index (κ2) is 6.85. The summed E-state index contributed by atoms with van der Waals surface area (Å²) in [6, 6.07) is -0.516. The van der Waals surface area contributed by atoms with E-state index in [2.05, 4.69) is 5.32 Å². The van der Waals surface area contributed by atoms with Crippen LogP contribution in [0.5, 0.6) is 0 Å². The van der Waals surface area contributed by atoms with Crippen molar-refractivity contribution in [3.63, 3.8) is 0 Å². The van der Waals surface area contributed by atoms with Crippen LogP contribution in [-0.2, 0) is 14.4 Å². The molecule has 0 spiro atoms. The van der Waals surface area contributed by atoms with Crippen LogP contribution in [0, 0.1) is 5.92 Å². The molecule has 6 nitrogen and oxygen atoms in total. The summed E-state index contributed by atoms with van der Waals surface area (Å²) < 4.78 is 0. The van der Waals surface area contributed by atoms with Gasteiger partial charge in [-0.2, -0.15) is 0 Å². The van der Waals surface area contributed by atoms with E-state index in [4.69, 9.17) is 5.73 Å². The largest absolute Gasteiger partial charge is 0.368 e. The maximum Gasteiger partial charge on any atom is 0.247 e. The van der Waals surface area contributed by atoms with Gasteiger partial charge in [-0.25, -0.2) is 0 Å². The first kappa shape index (κ1) is 15.7. The zero-order valence-electron chi connectivity index (χ0n) is 12.4. The highest BCUT2D eigenvalue weighted by molar-refractivity contribution is 6.00. The van der Waals surface area contributed by atoms with Crippen LogP contribution in [-0.4, -0.2) is 47.7 Å². The fourth-order valence-corrected chi connectivity index (χ4v) is 2.86. The molecule has 1 heterocycles. The summed E-state index contributed by atoms with van der Waals surface area (Å²) in [5.41, 5.74) is 5.37. The highest BCUT2D eigenvalue weighted by Crippen LogP contribution is 2.27. The van der Waals surface area contributed by atoms with Gasteiger partial charge in [0.1, 0.15) is 6.04 Å². The lowest BCUT2D eigenvalue weighted by atomic mass is 9.82. The Balaban J connectivity index is 1.97. The standard InChI is InChI=1S/C15H23N3O3/c1-2-17-11-8-12(15(16)21)18(9-11)14(20)7-6-13(19)10-4-3-5-10/h6-7,10-12,17H,2-5,8-9H2,1H3,(H2,16,21)/b7-6+/t11-,12-/m1/s1. The Morgan fingerprint density at radius 1 is 1.29 bits per heavy atom. The minimum atomic E-state index is -0.593. The first-order valence-corrected chi connectivity index (χ1v) is 7.58. The monoisotopic (exact) mass is 293 g/mol. The Kier molecular flexibility index (Phi) is 5.12. The van der Waals surface area contributed by atoms with Gasteiger partial charge in [0.2, 0.25) is 11.8 Å². The molecular weight excluding hydrogens is 270 g/mol. The number of ketones is 1. The third-order valence-electron chi connectivity index (χ3n) is 4.30. The smallest absolute Gasteiger partial charge is 0.247 e. The number of allylic oxidation sites excluding steroid dienone is 1. The molecule has 3 N–H and O–H groups in total. The third-order valence-corrected chi connectivity index (χ3v) is 4.30. The lowest BCUT2D eigenvalue weighted by molar-refractivity contribution is -0.133. The number of hydrogen-bond donors (Lipinski definition) is 2. The second-order valence-corrected chi connectivity index (χ2v) is 5.76. The van der Waals surface area contributed by atoms with Crippen molar-refractivity contribution < 1.29 is 14.4 Å². The second-order valence-electron chi connectivity index (χ2n) is 5.76. The van der Waals surface area contributed by atoms with Gasteiger partial charge in [0.05, 0.1) is 0 Å². The van der Waals surface area contributed by atoms with Crippen molar-refractivity contribution in [1.82, 2.24) is 10.2 Å². The molecule has 2 aliphatic rings. The number of hydrogen-bond acceptors (Lipinski definition) is 4. The van der Waals surface area contributed by atoms with Gasteiger partial charge in [0, 0.05) is 24.6 Å². The minimum absolute atomic E-state index is 0.00709. The molecule has 2 amide bonds. The molecule has 0 aromatic carbocycles. The molecule has 0 aromatic rings. The number of likely N-dealkylation sites (N-methyl/N-ethyl adjacent to an activating group) is 1. The van der Waals surface area contributed by atoms with Crippen LogP contribution in [0.1, 0.15) is 32.6 Å². The number of amides is 2. The predicted molar refractivity (Wildman–Crippen MR) is 78.3 cm³/mol. The molecule has 0 unspecified atom stereocenters. The highest BCUT2D eigenvalue weighted by atomic mass is 16.2. The molecular formula is C15H23N3O3. The van der Waals surface area contributed by atoms with E-state index >= 15 is 0 Å². The number of carbonyl (C=O) groups excluding carboxylic acids is 3. The summed E-state index contributed by atoms with van der Waals surface area (Å²) in [7, 11) is 0. The van der Waals surface area contributed by atoms with E-state index in [0.29, 0.717) is 13.0 Å². The average Bonchev–Trinajstić information content (AvgIpc) is 2.78. The predicted octanol–water partition coefficient (Wildman–Crippen LogP) is -0.0239. The van der Waals surface area contributed by atoms with Crippen molar-refractivity contribution in [2.24, 2.45) is 11.7 Å². The van der Waals surface area contributed by atoms with Gasteiger partial charge in [-0.05, 0) is 31.9 Å². The molecule has 2 atom stereocenters. The summed E-state index contributed by atoms with van der Waals surface area (Å²) in [5, 5.41) is 3.22. The van der Waals surface area contributed by atoms with Gasteiger partial charge in [-0.15, -0.1) is 0 Å². The van der Waals surface area contributed by atoms with E-state index < -0.39 is 11.9 Å². The van der Waals surface area contributed by atoms with Crippen molar-refractivity contribution in [3.05, 3.63) is 12.2 Å². The SMILES string of the molecule is CCN[C@@H]1C[C@H](C(N)=O)N(C(=O)/C=C/C(=O)C2CCC2)C1. The van der Waals surface area contributed by atoms with Gasteiger partial charge in [-0.1, -0.05) is 13.3 Å². The van der Waals surface area contributed by atoms with E-state index in [1.54, 1.807) is 0 Å². The van der Waals surface area contributed by atoms with Gasteiger partial charge < -0.3 is 16.0 Å². The number of nitrogens with zero attached hydrogens (tertiary/aromatic N) is 1. The average molecular weight is 293 g/mol. The number of likely N-dealkylation sites (tertiary alicyclic amines) is 1. The molecule has 1 saturated carbocycles. The molecule has 1 aliphatic carbocycles. The van der Waals surface area contributed by atoms with Crippen LogP contribution < -0.4 is 11.1 Å². The summed E-state index contributed by atoms with van der Waals surface area (Å²) in [4.78, 5) is 36.9. The lowest BCUT2D eigenvalue weighted by Gasteiger charge is -2.22. The lowest BCUT2D eigenvalue weighted by Crippen LogP contribution is -2.43. The maximum absolute atomic E-state index is 12.2. The fraction of sp³-hybridized carbons (Fsp3) is 0.667. The maximum atomic E-state index is 12.2. The van der Waals surface area contributed by atoms with Gasteiger partial charge in [0.15, 0.2) is 5.78 Å². The fourth-order valence-electron chi connectivity index (χ4n) is 2.86. The minimum Gasteiger partial charge on any atom is -0.368 e. The summed E-state index contributed by atoms with van der Waals surface area (Å²) in [6.07, 6.45) is 6.06. The van der Waals surface area contributed by atoms with Crippen LogP contribution in [0.4, 0.5) is 0 Å². The van der Waals surface area contributed by atoms with Gasteiger partial charge in [-0.3, -0.25) is 14.4 Å². The van der Waals surface area contributed by atoms with Crippen molar-refractivity contribution >= 4 is 17.6 Å². The molecule has 0 aromatic heterocycles. The summed E-state index contributed by atoms with van der Waals surface area (Å²) in [5.74, 6) is -0.726. The van der Waals surface area contributed by atoms with Crippen LogP contribution in [0.15, 0.2) is 12.2 Å². The molecule has 0 bridgehead atoms. The van der Waals surface area contributed by atoms with E-state index in [-0.39, 0.29) is 23.7 Å². The number of nitrogens with two attached hydrogens (primary N) is 1. The Morgan fingerprint density at radius 3 is 2.52 bits per heavy atom. The van der Waals surface area contributed by atoms with E-state index in [1.165, 1.54) is 17.1 Å². The van der Waals surface area contributed by atoms with Gasteiger partial charge >= 0.3 is 0 Å². The third kappa shape index (κ3) is 3.69. The van der Waals surface area contributed by atoms with Crippen molar-refractivity contribution in [3.8, 4) is 0 Å². The van der Waals surface area contributed by atoms with Gasteiger partial charge in [0.25, 0.3) is 0 Å². The normalized spacial score (nSPS) is 26.0. The first-order chi connectivity index (χ1) is 10.0. The van der Waals surface area contributed by atoms with Crippen molar-refractivity contribution in [2.75, 3.05) is 13.1 Å². The van der Waals surface area contributed by atoms with E-state index in [0.717, 1.165) is 25.8 Å². The van der Waals surface area contributed by atoms with Crippen LogP contribution in [0.2, 0.25) is 0 Å². The van der Waals surface area contributed by atoms with Crippen molar-refractivity contribution in [1.29, 1.82) is 0 Å². The molecule has 116 valence electrons. The highest BCUT2D eigenvalue weighted by Gasteiger charge is 2.37. The topological polar surface area (TPSA) is 92.5 Å². The zero-order valence-corrected chi connectivity index (χ0v) is 12.4. The number of rotatable bonds is 6. The molecule has 2 rings (SSSR count). The quantitative estimate of drug-likeness (QED) is 0.673. The molecule has 0 radical (unpaired) electrons. The van der Waals surface area contributed by atoms with Crippen LogP contribution >= 0.6 is 0 Å². The van der Waals surface area contributed by atoms with Crippen molar-refractivity contribution in [2.45, 2.75) is 44.7 Å². The Morgan fingerprint density at radius 2 is 2.00 bits per heavy atom. The summed E-state index contributed by atoms with van der Waals surface area (Å²) >= 11 is 0. The Labute approximate surface area is 124 Å². The molecule has 2 fully saturated rings. The number of nitrogens with one attached hydrogen (secondary N) is 1. The summed E-state index contributed by atoms with van der Waals surface area (Å²) in [6.45, 7) is 3.19. The molecule has 1 aliphatic heterocycles. The van der Waals surface area contributed by atoms with E-state index in [9.17, 15) is 14.4 Å². The number of carbonyl (C=O) groups is 3. The molecule has 21 heavy (non-hydrogen) atoms. The molecule has 1 saturated heterocycles. The first-order valence-electron chi connectivity index (χ1n) is 7.58.